The first-order valence-corrected chi connectivity index (χ1v) is 16.9. The van der Waals surface area contributed by atoms with Crippen LogP contribution in [0, 0.1) is 0 Å². The van der Waals surface area contributed by atoms with Crippen molar-refractivity contribution >= 4 is 63.7 Å². The van der Waals surface area contributed by atoms with Gasteiger partial charge in [0, 0.05) is 32.2 Å². The zero-order valence-electron chi connectivity index (χ0n) is 26.9. The van der Waals surface area contributed by atoms with Crippen molar-refractivity contribution in [2.24, 2.45) is 0 Å². The molecule has 0 saturated carbocycles. The number of hydrogen-bond acceptors (Lipinski definition) is 5. The van der Waals surface area contributed by atoms with Gasteiger partial charge < -0.3 is 4.90 Å². The van der Waals surface area contributed by atoms with Gasteiger partial charge in [0.2, 0.25) is 0 Å². The summed E-state index contributed by atoms with van der Waals surface area (Å²) >= 11 is 1.55. The molecule has 1 saturated heterocycles. The summed E-state index contributed by atoms with van der Waals surface area (Å²) in [5, 5.41) is 0. The van der Waals surface area contributed by atoms with Crippen molar-refractivity contribution < 1.29 is 14.4 Å². The Bertz CT molecular complexity index is 2160. The summed E-state index contributed by atoms with van der Waals surface area (Å²) in [6, 6.07) is 46.1. The van der Waals surface area contributed by atoms with Gasteiger partial charge in [-0.3, -0.25) is 9.59 Å². The maximum absolute atomic E-state index is 14.0. The maximum atomic E-state index is 14.0. The van der Waals surface area contributed by atoms with Crippen molar-refractivity contribution in [2.75, 3.05) is 14.7 Å². The van der Waals surface area contributed by atoms with Gasteiger partial charge >= 0.3 is 6.03 Å². The lowest BCUT2D eigenvalue weighted by Gasteiger charge is -2.33. The number of barbiturate groups is 1. The van der Waals surface area contributed by atoms with Crippen molar-refractivity contribution in [1.29, 1.82) is 0 Å². The average Bonchev–Trinajstić information content (AvgIpc) is 3.64. The van der Waals surface area contributed by atoms with E-state index in [1.54, 1.807) is 65.9 Å². The van der Waals surface area contributed by atoms with Crippen LogP contribution in [0.25, 0.3) is 16.5 Å². The number of rotatable bonds is 6. The van der Waals surface area contributed by atoms with Gasteiger partial charge in [-0.05, 0) is 89.5 Å². The lowest BCUT2D eigenvalue weighted by Crippen LogP contribution is -2.57. The molecule has 0 unspecified atom stereocenters. The Hall–Kier alpha value is -6.05. The third-order valence-electron chi connectivity index (χ3n) is 9.20. The van der Waals surface area contributed by atoms with Crippen molar-refractivity contribution in [2.45, 2.75) is 19.3 Å². The Kier molecular flexibility index (Phi) is 7.34. The van der Waals surface area contributed by atoms with E-state index >= 15 is 0 Å². The number of thiophene rings is 1. The highest BCUT2D eigenvalue weighted by atomic mass is 32.1. The predicted octanol–water partition coefficient (Wildman–Crippen LogP) is 10.1. The van der Waals surface area contributed by atoms with E-state index in [9.17, 15) is 14.4 Å². The first-order valence-electron chi connectivity index (χ1n) is 16.1. The second kappa shape index (κ2) is 11.9. The lowest BCUT2D eigenvalue weighted by atomic mass is 9.82. The summed E-state index contributed by atoms with van der Waals surface area (Å²) in [5.41, 5.74) is 7.08. The summed E-state index contributed by atoms with van der Waals surface area (Å²) in [6.45, 7) is 4.43. The number of anilines is 5. The van der Waals surface area contributed by atoms with Crippen LogP contribution in [-0.2, 0) is 15.0 Å². The average molecular weight is 658 g/mol. The molecule has 4 amide bonds. The van der Waals surface area contributed by atoms with Crippen LogP contribution in [0.1, 0.15) is 29.9 Å². The van der Waals surface area contributed by atoms with Crippen LogP contribution in [0.4, 0.5) is 33.2 Å². The van der Waals surface area contributed by atoms with Crippen LogP contribution in [0.15, 0.2) is 151 Å². The van der Waals surface area contributed by atoms with Gasteiger partial charge in [-0.25, -0.2) is 14.6 Å². The third-order valence-corrected chi connectivity index (χ3v) is 10.3. The van der Waals surface area contributed by atoms with Gasteiger partial charge in [0.1, 0.15) is 5.57 Å². The minimum Gasteiger partial charge on any atom is -0.310 e. The molecule has 6 nitrogen and oxygen atoms in total. The molecule has 0 radical (unpaired) electrons. The van der Waals surface area contributed by atoms with E-state index in [4.69, 9.17) is 0 Å². The van der Waals surface area contributed by atoms with E-state index in [1.807, 2.05) is 48.5 Å². The highest BCUT2D eigenvalue weighted by Gasteiger charge is 2.44. The van der Waals surface area contributed by atoms with Crippen LogP contribution >= 0.6 is 11.3 Å². The molecule has 1 fully saturated rings. The van der Waals surface area contributed by atoms with E-state index in [-0.39, 0.29) is 11.0 Å². The fourth-order valence-corrected chi connectivity index (χ4v) is 8.06. The molecular weight excluding hydrogens is 627 g/mol. The SMILES string of the molecule is CC1(C)c2cc(N(c3ccccc3)c3ccccc3)ccc2-c2sc(C=C3C(=O)N(c4ccccc4)C(=O)N(c4ccccc4)C3=O)cc21. The number of imide groups is 2. The molecule has 8 rings (SSSR count). The highest BCUT2D eigenvalue weighted by Crippen LogP contribution is 2.54. The zero-order valence-corrected chi connectivity index (χ0v) is 27.7. The van der Waals surface area contributed by atoms with Gasteiger partial charge in [-0.15, -0.1) is 11.3 Å². The number of benzene rings is 5. The number of fused-ring (bicyclic) bond motifs is 3. The summed E-state index contributed by atoms with van der Waals surface area (Å²) in [4.78, 5) is 47.9. The van der Waals surface area contributed by atoms with Crippen LogP contribution in [-0.4, -0.2) is 17.8 Å². The number of hydrogen-bond donors (Lipinski definition) is 0. The molecule has 1 aliphatic carbocycles. The van der Waals surface area contributed by atoms with E-state index in [1.165, 1.54) is 5.56 Å². The Morgan fingerprint density at radius 1 is 0.571 bits per heavy atom. The predicted molar refractivity (Wildman–Crippen MR) is 198 cm³/mol. The van der Waals surface area contributed by atoms with Crippen molar-refractivity contribution in [1.82, 2.24) is 0 Å². The van der Waals surface area contributed by atoms with Gasteiger partial charge in [0.15, 0.2) is 0 Å². The fourth-order valence-electron chi connectivity index (χ4n) is 6.76. The number of amides is 4. The number of nitrogens with zero attached hydrogens (tertiary/aromatic N) is 3. The van der Waals surface area contributed by atoms with Crippen LogP contribution in [0.3, 0.4) is 0 Å². The smallest absolute Gasteiger partial charge is 0.310 e. The minimum atomic E-state index is -0.705. The topological polar surface area (TPSA) is 60.9 Å². The molecule has 0 N–H and O–H groups in total. The van der Waals surface area contributed by atoms with Gasteiger partial charge in [0.05, 0.1) is 11.4 Å². The van der Waals surface area contributed by atoms with E-state index in [0.29, 0.717) is 11.4 Å². The molecule has 0 atom stereocenters. The quantitative estimate of drug-likeness (QED) is 0.132. The third kappa shape index (κ3) is 5.07. The molecule has 0 spiro atoms. The van der Waals surface area contributed by atoms with Crippen molar-refractivity contribution in [3.63, 3.8) is 0 Å². The fraction of sp³-hybridized carbons (Fsp3) is 0.0714. The molecule has 2 heterocycles. The molecule has 1 aliphatic heterocycles. The Balaban J connectivity index is 1.20. The number of urea groups is 1. The van der Waals surface area contributed by atoms with E-state index in [2.05, 4.69) is 67.3 Å². The van der Waals surface area contributed by atoms with Crippen LogP contribution < -0.4 is 14.7 Å². The lowest BCUT2D eigenvalue weighted by molar-refractivity contribution is -0.121. The first kappa shape index (κ1) is 30.3. The minimum absolute atomic E-state index is 0.0676. The van der Waals surface area contributed by atoms with Gasteiger partial charge in [0.25, 0.3) is 11.8 Å². The highest BCUT2D eigenvalue weighted by molar-refractivity contribution is 7.16. The molecule has 49 heavy (non-hydrogen) atoms. The van der Waals surface area contributed by atoms with Gasteiger partial charge in [-0.2, -0.15) is 0 Å². The van der Waals surface area contributed by atoms with Gasteiger partial charge in [-0.1, -0.05) is 92.7 Å². The van der Waals surface area contributed by atoms with Crippen LogP contribution in [0.5, 0.6) is 0 Å². The van der Waals surface area contributed by atoms with Crippen molar-refractivity contribution in [3.8, 4) is 10.4 Å². The second-order valence-corrected chi connectivity index (χ2v) is 13.6. The molecule has 238 valence electrons. The summed E-state index contributed by atoms with van der Waals surface area (Å²) < 4.78 is 0. The molecule has 1 aromatic heterocycles. The van der Waals surface area contributed by atoms with Crippen LogP contribution in [0.2, 0.25) is 0 Å². The Labute approximate surface area is 288 Å². The monoisotopic (exact) mass is 657 g/mol. The van der Waals surface area contributed by atoms with Crippen molar-refractivity contribution in [3.05, 3.63) is 167 Å². The first-order chi connectivity index (χ1) is 23.8. The molecule has 5 aromatic carbocycles. The molecule has 2 aliphatic rings. The Morgan fingerprint density at radius 2 is 1.06 bits per heavy atom. The number of carbonyl (C=O) groups excluding carboxylic acids is 3. The Morgan fingerprint density at radius 3 is 1.57 bits per heavy atom. The normalized spacial score (nSPS) is 14.9. The summed E-state index contributed by atoms with van der Waals surface area (Å²) in [6.07, 6.45) is 1.64. The molecular formula is C42H31N3O3S. The molecule has 7 heteroatoms. The van der Waals surface area contributed by atoms with E-state index in [0.717, 1.165) is 47.7 Å². The maximum Gasteiger partial charge on any atom is 0.343 e. The standard InChI is InChI=1S/C42H31N3O3S/c1-42(2)36-25-32(43(28-15-7-3-8-16-28)29-17-9-4-10-18-29)23-24-34(36)38-37(42)27-33(49-38)26-35-39(46)44(30-19-11-5-12-20-30)41(48)45(40(35)47)31-21-13-6-14-22-31/h3-27H,1-2H3. The summed E-state index contributed by atoms with van der Waals surface area (Å²) in [7, 11) is 0. The number of carbonyl (C=O) groups is 3. The molecule has 6 aromatic rings. The zero-order chi connectivity index (χ0) is 33.7. The number of para-hydroxylation sites is 4. The second-order valence-electron chi connectivity index (χ2n) is 12.5. The van der Waals surface area contributed by atoms with E-state index < -0.39 is 17.8 Å². The largest absolute Gasteiger partial charge is 0.343 e. The summed E-state index contributed by atoms with van der Waals surface area (Å²) in [5.74, 6) is -1.29. The molecule has 0 bridgehead atoms.